The van der Waals surface area contributed by atoms with E-state index in [9.17, 15) is 9.18 Å². The van der Waals surface area contributed by atoms with E-state index in [1.54, 1.807) is 6.07 Å². The third kappa shape index (κ3) is 8.83. The van der Waals surface area contributed by atoms with Crippen molar-refractivity contribution < 1.29 is 13.9 Å². The first kappa shape index (κ1) is 32.7. The lowest BCUT2D eigenvalue weighted by atomic mass is 9.87. The van der Waals surface area contributed by atoms with Gasteiger partial charge in [0.2, 0.25) is 0 Å². The summed E-state index contributed by atoms with van der Waals surface area (Å²) in [5, 5.41) is 4.94. The van der Waals surface area contributed by atoms with Gasteiger partial charge in [-0.1, -0.05) is 81.1 Å². The van der Waals surface area contributed by atoms with E-state index in [-0.39, 0.29) is 12.6 Å². The molecule has 1 aliphatic rings. The summed E-state index contributed by atoms with van der Waals surface area (Å²) in [5.74, 6) is -0.318. The van der Waals surface area contributed by atoms with E-state index in [0.717, 1.165) is 84.9 Å². The van der Waals surface area contributed by atoms with Crippen LogP contribution >= 0.6 is 23.2 Å². The van der Waals surface area contributed by atoms with Crippen molar-refractivity contribution in [1.29, 1.82) is 0 Å². The monoisotopic (exact) mass is 597 g/mol. The molecule has 0 aliphatic heterocycles. The lowest BCUT2D eigenvalue weighted by Crippen LogP contribution is -2.17. The number of hydrogen-bond acceptors (Lipinski definition) is 3. The van der Waals surface area contributed by atoms with Gasteiger partial charge in [-0.3, -0.25) is 4.39 Å². The van der Waals surface area contributed by atoms with Crippen molar-refractivity contribution in [3.8, 4) is 0 Å². The molecule has 1 aliphatic carbocycles. The Morgan fingerprint density at radius 2 is 1.68 bits per heavy atom. The molecule has 1 atom stereocenters. The maximum atomic E-state index is 12.2. The smallest absolute Gasteiger partial charge is 0.337 e. The third-order valence-corrected chi connectivity index (χ3v) is 7.94. The summed E-state index contributed by atoms with van der Waals surface area (Å²) in [6.45, 7) is 6.26. The zero-order chi connectivity index (χ0) is 29.8. The highest BCUT2D eigenvalue weighted by atomic mass is 35.5. The minimum Gasteiger partial charge on any atom is -0.465 e. The van der Waals surface area contributed by atoms with Gasteiger partial charge >= 0.3 is 5.97 Å². The number of aryl methyl sites for hydroxylation is 1. The summed E-state index contributed by atoms with van der Waals surface area (Å²) in [5.41, 5.74) is 8.43. The number of carbonyl (C=O) groups excluding carboxylic acids is 1. The number of benzene rings is 3. The van der Waals surface area contributed by atoms with Crippen LogP contribution in [0.1, 0.15) is 98.3 Å². The summed E-state index contributed by atoms with van der Waals surface area (Å²) in [6, 6.07) is 20.7. The summed E-state index contributed by atoms with van der Waals surface area (Å²) in [7, 11) is 1.42. The van der Waals surface area contributed by atoms with Crippen LogP contribution in [0.2, 0.25) is 10.0 Å². The molecule has 3 aromatic rings. The molecule has 0 spiro atoms. The summed E-state index contributed by atoms with van der Waals surface area (Å²) in [6.07, 6.45) is 7.78. The van der Waals surface area contributed by atoms with Gasteiger partial charge in [0.25, 0.3) is 0 Å². The Labute approximate surface area is 255 Å². The highest BCUT2D eigenvalue weighted by molar-refractivity contribution is 6.36. The van der Waals surface area contributed by atoms with Gasteiger partial charge in [0.05, 0.1) is 19.3 Å². The molecule has 0 bridgehead atoms. The number of unbranched alkanes of at least 4 members (excludes halogenated alkanes) is 1. The van der Waals surface area contributed by atoms with Gasteiger partial charge in [0.15, 0.2) is 0 Å². The van der Waals surface area contributed by atoms with Crippen molar-refractivity contribution in [2.75, 3.05) is 19.1 Å². The van der Waals surface area contributed by atoms with E-state index >= 15 is 0 Å². The Balaban J connectivity index is 0.000000850. The van der Waals surface area contributed by atoms with Crippen molar-refractivity contribution in [1.82, 2.24) is 0 Å². The van der Waals surface area contributed by atoms with E-state index in [4.69, 9.17) is 27.9 Å². The molecule has 41 heavy (non-hydrogen) atoms. The van der Waals surface area contributed by atoms with Gasteiger partial charge in [0.1, 0.15) is 0 Å². The van der Waals surface area contributed by atoms with Crippen LogP contribution in [0.4, 0.5) is 10.1 Å². The van der Waals surface area contributed by atoms with Gasteiger partial charge in [0, 0.05) is 21.8 Å². The van der Waals surface area contributed by atoms with E-state index in [2.05, 4.69) is 43.4 Å². The zero-order valence-electron chi connectivity index (χ0n) is 24.7. The second kappa shape index (κ2) is 16.6. The van der Waals surface area contributed by atoms with Crippen LogP contribution in [0.3, 0.4) is 0 Å². The molecular formula is C35H42Cl2FNO2. The molecule has 0 radical (unpaired) electrons. The summed E-state index contributed by atoms with van der Waals surface area (Å²) < 4.78 is 16.0. The predicted octanol–water partition coefficient (Wildman–Crippen LogP) is 10.8. The fourth-order valence-electron chi connectivity index (χ4n) is 5.19. The largest absolute Gasteiger partial charge is 0.465 e. The van der Waals surface area contributed by atoms with Crippen LogP contribution < -0.4 is 5.32 Å². The standard InChI is InChI=1S/C31H33Cl2NO2.C4H9F/c1-4-7-24(5-2)34-25-14-10-20(11-15-25)30-26-16-12-22(31(35)36-3)18-21(26)8-6-9-28(30)27-17-13-23(32)19-29(27)33;1-2-3-4-5/h10-19,24,34H,4-9H2,1-3H3;2-4H2,1H3. The Morgan fingerprint density at radius 1 is 0.951 bits per heavy atom. The van der Waals surface area contributed by atoms with Crippen LogP contribution in [0.25, 0.3) is 11.1 Å². The first-order valence-electron chi connectivity index (χ1n) is 14.7. The fraction of sp³-hybridized carbons (Fsp3) is 0.400. The van der Waals surface area contributed by atoms with E-state index in [0.29, 0.717) is 21.7 Å². The zero-order valence-corrected chi connectivity index (χ0v) is 26.2. The third-order valence-electron chi connectivity index (χ3n) is 7.39. The Morgan fingerprint density at radius 3 is 2.27 bits per heavy atom. The molecule has 220 valence electrons. The molecule has 3 aromatic carbocycles. The molecule has 6 heteroatoms. The van der Waals surface area contributed by atoms with E-state index < -0.39 is 0 Å². The predicted molar refractivity (Wildman–Crippen MR) is 173 cm³/mol. The maximum absolute atomic E-state index is 12.2. The van der Waals surface area contributed by atoms with Crippen molar-refractivity contribution >= 4 is 46.0 Å². The number of anilines is 1. The SMILES string of the molecule is CCCC(CC)Nc1ccc(C2=C(c3ccc(Cl)cc3Cl)CCCc3cc(C(=O)OC)ccc32)cc1.CCCCF. The average molecular weight is 599 g/mol. The van der Waals surface area contributed by atoms with E-state index in [1.165, 1.54) is 12.7 Å². The Hall–Kier alpha value is -2.82. The first-order valence-corrected chi connectivity index (χ1v) is 15.4. The van der Waals surface area contributed by atoms with Gasteiger partial charge < -0.3 is 10.1 Å². The highest BCUT2D eigenvalue weighted by Crippen LogP contribution is 2.42. The number of allylic oxidation sites excluding steroid dienone is 1. The number of halogens is 3. The van der Waals surface area contributed by atoms with E-state index in [1.807, 2.05) is 37.3 Å². The molecule has 0 fully saturated rings. The Bertz CT molecular complexity index is 1320. The van der Waals surface area contributed by atoms with Gasteiger partial charge in [-0.15, -0.1) is 0 Å². The highest BCUT2D eigenvalue weighted by Gasteiger charge is 2.23. The van der Waals surface area contributed by atoms with Gasteiger partial charge in [-0.25, -0.2) is 4.79 Å². The second-order valence-corrected chi connectivity index (χ2v) is 11.2. The van der Waals surface area contributed by atoms with Gasteiger partial charge in [-0.2, -0.15) is 0 Å². The quantitative estimate of drug-likeness (QED) is 0.236. The number of alkyl halides is 1. The van der Waals surface area contributed by atoms with Crippen molar-refractivity contribution in [2.24, 2.45) is 0 Å². The number of carbonyl (C=O) groups is 1. The minimum absolute atomic E-state index is 0.156. The average Bonchev–Trinajstić information content (AvgIpc) is 3.16. The normalized spacial score (nSPS) is 13.4. The second-order valence-electron chi connectivity index (χ2n) is 10.4. The maximum Gasteiger partial charge on any atom is 0.337 e. The fourth-order valence-corrected chi connectivity index (χ4v) is 5.72. The molecule has 0 heterocycles. The van der Waals surface area contributed by atoms with Crippen molar-refractivity contribution in [3.63, 3.8) is 0 Å². The van der Waals surface area contributed by atoms with Gasteiger partial charge in [-0.05, 0) is 108 Å². The number of methoxy groups -OCH3 is 1. The molecule has 0 aromatic heterocycles. The topological polar surface area (TPSA) is 38.3 Å². The number of fused-ring (bicyclic) bond motifs is 1. The van der Waals surface area contributed by atoms with Crippen LogP contribution in [0, 0.1) is 0 Å². The van der Waals surface area contributed by atoms with Crippen LogP contribution in [0.15, 0.2) is 60.7 Å². The van der Waals surface area contributed by atoms with Crippen LogP contribution in [-0.4, -0.2) is 25.8 Å². The van der Waals surface area contributed by atoms with Crippen LogP contribution in [-0.2, 0) is 11.2 Å². The number of esters is 1. The number of hydrogen-bond donors (Lipinski definition) is 1. The molecule has 4 rings (SSSR count). The molecule has 1 N–H and O–H groups in total. The summed E-state index contributed by atoms with van der Waals surface area (Å²) >= 11 is 12.9. The molecular weight excluding hydrogens is 556 g/mol. The molecule has 3 nitrogen and oxygen atoms in total. The molecule has 0 saturated heterocycles. The summed E-state index contributed by atoms with van der Waals surface area (Å²) in [4.78, 5) is 12.2. The Kier molecular flexibility index (Phi) is 13.2. The lowest BCUT2D eigenvalue weighted by molar-refractivity contribution is 0.0600. The molecule has 1 unspecified atom stereocenters. The minimum atomic E-state index is -0.318. The molecule has 0 amide bonds. The number of rotatable bonds is 10. The molecule has 0 saturated carbocycles. The van der Waals surface area contributed by atoms with Crippen LogP contribution in [0.5, 0.6) is 0 Å². The number of nitrogens with one attached hydrogen (secondary N) is 1. The van der Waals surface area contributed by atoms with Crippen molar-refractivity contribution in [3.05, 3.63) is 98.5 Å². The lowest BCUT2D eigenvalue weighted by Gasteiger charge is -2.20. The first-order chi connectivity index (χ1) is 19.9. The van der Waals surface area contributed by atoms with Crippen molar-refractivity contribution in [2.45, 2.75) is 78.2 Å². The number of ether oxygens (including phenoxy) is 1.